The predicted octanol–water partition coefficient (Wildman–Crippen LogP) is 1.69. The molecule has 0 bridgehead atoms. The van der Waals surface area contributed by atoms with Crippen molar-refractivity contribution in [3.63, 3.8) is 0 Å². The van der Waals surface area contributed by atoms with Crippen molar-refractivity contribution in [2.75, 3.05) is 12.9 Å². The number of carbonyl (C=O) groups is 2. The number of thiol groups is 1. The maximum Gasteiger partial charge on any atom is 0.328 e. The molecule has 2 N–H and O–H groups in total. The number of rotatable bonds is 6. The minimum atomic E-state index is -0.693. The Morgan fingerprint density at radius 2 is 2.14 bits per heavy atom. The van der Waals surface area contributed by atoms with E-state index in [9.17, 15) is 9.59 Å². The minimum absolute atomic E-state index is 0.208. The third kappa shape index (κ3) is 3.78. The van der Waals surface area contributed by atoms with Crippen LogP contribution >= 0.6 is 12.6 Å². The fraction of sp³-hybridized carbons (Fsp3) is 0.333. The molecule has 21 heavy (non-hydrogen) atoms. The van der Waals surface area contributed by atoms with Gasteiger partial charge in [0.05, 0.1) is 7.11 Å². The van der Waals surface area contributed by atoms with E-state index < -0.39 is 12.0 Å². The molecule has 0 radical (unpaired) electrons. The number of H-pyrrole nitrogens is 1. The van der Waals surface area contributed by atoms with Crippen molar-refractivity contribution in [3.05, 3.63) is 36.0 Å². The molecule has 112 valence electrons. The molecule has 0 aliphatic heterocycles. The van der Waals surface area contributed by atoms with E-state index in [1.165, 1.54) is 7.11 Å². The number of hydrogen-bond acceptors (Lipinski definition) is 4. The molecule has 0 spiro atoms. The summed E-state index contributed by atoms with van der Waals surface area (Å²) >= 11 is 4.01. The third-order valence-electron chi connectivity index (χ3n) is 3.26. The molecule has 2 aromatic rings. The smallest absolute Gasteiger partial charge is 0.328 e. The number of fused-ring (bicyclic) bond motifs is 1. The van der Waals surface area contributed by atoms with Crippen LogP contribution in [0.2, 0.25) is 0 Å². The summed E-state index contributed by atoms with van der Waals surface area (Å²) < 4.78 is 4.77. The lowest BCUT2D eigenvalue weighted by atomic mass is 10.0. The van der Waals surface area contributed by atoms with Gasteiger partial charge < -0.3 is 15.0 Å². The molecule has 1 aromatic carbocycles. The van der Waals surface area contributed by atoms with E-state index in [0.717, 1.165) is 16.5 Å². The lowest BCUT2D eigenvalue weighted by molar-refractivity contribution is -0.145. The number of aromatic nitrogens is 1. The van der Waals surface area contributed by atoms with Gasteiger partial charge in [0.25, 0.3) is 0 Å². The maximum absolute atomic E-state index is 11.8. The zero-order chi connectivity index (χ0) is 15.2. The van der Waals surface area contributed by atoms with E-state index in [1.807, 2.05) is 30.5 Å². The van der Waals surface area contributed by atoms with Gasteiger partial charge in [-0.2, -0.15) is 12.6 Å². The highest BCUT2D eigenvalue weighted by Crippen LogP contribution is 2.19. The molecule has 1 heterocycles. The Morgan fingerprint density at radius 3 is 2.86 bits per heavy atom. The molecule has 6 heteroatoms. The molecule has 0 aliphatic carbocycles. The van der Waals surface area contributed by atoms with E-state index in [1.54, 1.807) is 0 Å². The molecule has 1 amide bonds. The summed E-state index contributed by atoms with van der Waals surface area (Å²) in [6.07, 6.45) is 2.50. The first-order valence-electron chi connectivity index (χ1n) is 6.68. The SMILES string of the molecule is COC(=O)C(Cc1c[nH]c2ccccc12)NC(=O)CCS. The molecule has 2 rings (SSSR count). The first kappa shape index (κ1) is 15.4. The maximum atomic E-state index is 11.8. The van der Waals surface area contributed by atoms with Crippen molar-refractivity contribution in [1.29, 1.82) is 0 Å². The topological polar surface area (TPSA) is 71.2 Å². The second kappa shape index (κ2) is 7.17. The van der Waals surface area contributed by atoms with Gasteiger partial charge in [-0.25, -0.2) is 4.79 Å². The first-order valence-corrected chi connectivity index (χ1v) is 7.32. The fourth-order valence-corrected chi connectivity index (χ4v) is 2.43. The zero-order valence-electron chi connectivity index (χ0n) is 11.8. The van der Waals surface area contributed by atoms with E-state index in [-0.39, 0.29) is 12.3 Å². The van der Waals surface area contributed by atoms with E-state index >= 15 is 0 Å². The lowest BCUT2D eigenvalue weighted by Crippen LogP contribution is -2.43. The van der Waals surface area contributed by atoms with Gasteiger partial charge in [-0.15, -0.1) is 0 Å². The molecule has 0 aliphatic rings. The van der Waals surface area contributed by atoms with Gasteiger partial charge in [-0.05, 0) is 17.4 Å². The van der Waals surface area contributed by atoms with Crippen molar-refractivity contribution in [2.24, 2.45) is 0 Å². The summed E-state index contributed by atoms with van der Waals surface area (Å²) in [6, 6.07) is 7.12. The molecular formula is C15H18N2O3S. The number of ether oxygens (including phenoxy) is 1. The number of methoxy groups -OCH3 is 1. The monoisotopic (exact) mass is 306 g/mol. The minimum Gasteiger partial charge on any atom is -0.467 e. The van der Waals surface area contributed by atoms with Gasteiger partial charge in [0.15, 0.2) is 0 Å². The largest absolute Gasteiger partial charge is 0.467 e. The van der Waals surface area contributed by atoms with Crippen LogP contribution < -0.4 is 5.32 Å². The number of benzene rings is 1. The van der Waals surface area contributed by atoms with Crippen LogP contribution in [0.3, 0.4) is 0 Å². The van der Waals surface area contributed by atoms with Crippen LogP contribution in [0.4, 0.5) is 0 Å². The molecule has 1 atom stereocenters. The predicted molar refractivity (Wildman–Crippen MR) is 84.4 cm³/mol. The fourth-order valence-electron chi connectivity index (χ4n) is 2.22. The lowest BCUT2D eigenvalue weighted by Gasteiger charge is -2.16. The Morgan fingerprint density at radius 1 is 1.38 bits per heavy atom. The van der Waals surface area contributed by atoms with Gasteiger partial charge in [0, 0.05) is 29.9 Å². The van der Waals surface area contributed by atoms with Crippen LogP contribution in [-0.4, -0.2) is 35.8 Å². The van der Waals surface area contributed by atoms with Crippen molar-refractivity contribution in [3.8, 4) is 0 Å². The Labute approximate surface area is 128 Å². The highest BCUT2D eigenvalue weighted by molar-refractivity contribution is 7.80. The first-order chi connectivity index (χ1) is 10.2. The molecule has 1 unspecified atom stereocenters. The van der Waals surface area contributed by atoms with Crippen molar-refractivity contribution < 1.29 is 14.3 Å². The highest BCUT2D eigenvalue weighted by Gasteiger charge is 2.22. The summed E-state index contributed by atoms with van der Waals surface area (Å²) in [4.78, 5) is 26.7. The average molecular weight is 306 g/mol. The summed E-state index contributed by atoms with van der Waals surface area (Å²) in [6.45, 7) is 0. The second-order valence-electron chi connectivity index (χ2n) is 4.68. The second-order valence-corrected chi connectivity index (χ2v) is 5.13. The van der Waals surface area contributed by atoms with Gasteiger partial charge in [0.1, 0.15) is 6.04 Å². The molecule has 1 aromatic heterocycles. The van der Waals surface area contributed by atoms with Crippen LogP contribution in [0.25, 0.3) is 10.9 Å². The third-order valence-corrected chi connectivity index (χ3v) is 3.48. The Kier molecular flexibility index (Phi) is 5.27. The van der Waals surface area contributed by atoms with Crippen LogP contribution in [0, 0.1) is 0 Å². The summed E-state index contributed by atoms with van der Waals surface area (Å²) in [5.41, 5.74) is 1.96. The molecule has 0 saturated carbocycles. The van der Waals surface area contributed by atoms with Crippen LogP contribution in [-0.2, 0) is 20.7 Å². The van der Waals surface area contributed by atoms with Crippen molar-refractivity contribution in [1.82, 2.24) is 10.3 Å². The van der Waals surface area contributed by atoms with Crippen LogP contribution in [0.1, 0.15) is 12.0 Å². The number of nitrogens with one attached hydrogen (secondary N) is 2. The number of hydrogen-bond donors (Lipinski definition) is 3. The standard InChI is InChI=1S/C15H18N2O3S/c1-20-15(19)13(17-14(18)6-7-21)8-10-9-16-12-5-3-2-4-11(10)12/h2-5,9,13,16,21H,6-8H2,1H3,(H,17,18). The number of aromatic amines is 1. The summed E-state index contributed by atoms with van der Waals surface area (Å²) in [5.74, 6) is -0.222. The molecule has 0 fully saturated rings. The highest BCUT2D eigenvalue weighted by atomic mass is 32.1. The summed E-state index contributed by atoms with van der Waals surface area (Å²) in [5, 5.41) is 3.73. The number of amides is 1. The normalized spacial score (nSPS) is 12.1. The quantitative estimate of drug-likeness (QED) is 0.562. The Hall–Kier alpha value is -1.95. The molecule has 0 saturated heterocycles. The zero-order valence-corrected chi connectivity index (χ0v) is 12.7. The number of esters is 1. The van der Waals surface area contributed by atoms with E-state index in [4.69, 9.17) is 4.74 Å². The van der Waals surface area contributed by atoms with Gasteiger partial charge in [-0.3, -0.25) is 4.79 Å². The van der Waals surface area contributed by atoms with Crippen molar-refractivity contribution in [2.45, 2.75) is 18.9 Å². The molecular weight excluding hydrogens is 288 g/mol. The van der Waals surface area contributed by atoms with Gasteiger partial charge in [-0.1, -0.05) is 18.2 Å². The van der Waals surface area contributed by atoms with Crippen LogP contribution in [0.15, 0.2) is 30.5 Å². The van der Waals surface area contributed by atoms with Gasteiger partial charge >= 0.3 is 5.97 Å². The summed E-state index contributed by atoms with van der Waals surface area (Å²) in [7, 11) is 1.31. The van der Waals surface area contributed by atoms with Crippen molar-refractivity contribution >= 4 is 35.4 Å². The number of para-hydroxylation sites is 1. The van der Waals surface area contributed by atoms with Gasteiger partial charge in [0.2, 0.25) is 5.91 Å². The van der Waals surface area contributed by atoms with E-state index in [2.05, 4.69) is 22.9 Å². The Balaban J connectivity index is 2.18. The number of carbonyl (C=O) groups excluding carboxylic acids is 2. The van der Waals surface area contributed by atoms with E-state index in [0.29, 0.717) is 12.2 Å². The van der Waals surface area contributed by atoms with Crippen LogP contribution in [0.5, 0.6) is 0 Å². The Bertz CT molecular complexity index is 639. The molecule has 5 nitrogen and oxygen atoms in total. The average Bonchev–Trinajstić information content (AvgIpc) is 2.89.